The average Bonchev–Trinajstić information content (AvgIpc) is 2.86. The van der Waals surface area contributed by atoms with E-state index in [4.69, 9.17) is 0 Å². The summed E-state index contributed by atoms with van der Waals surface area (Å²) in [5, 5.41) is 3.62. The molecule has 4 rings (SSSR count). The topological polar surface area (TPSA) is 12.0 Å². The van der Waals surface area contributed by atoms with Crippen LogP contribution in [0.4, 0.5) is 0 Å². The van der Waals surface area contributed by atoms with Gasteiger partial charge in [0.1, 0.15) is 0 Å². The maximum atomic E-state index is 3.62. The quantitative estimate of drug-likeness (QED) is 0.763. The Morgan fingerprint density at radius 2 is 2.00 bits per heavy atom. The number of nitrogens with one attached hydrogen (secondary N) is 1. The molecule has 2 heterocycles. The van der Waals surface area contributed by atoms with E-state index in [1.807, 2.05) is 0 Å². The highest BCUT2D eigenvalue weighted by molar-refractivity contribution is 9.10. The standard InChI is InChI=1S/C18H20BrNS/c1-11-2-7-16-14(8-11)18-15(9-20-10-17(18)21-16)12-3-5-13(19)6-4-12/h3-6,11,15,20H,2,7-10H2,1H3. The van der Waals surface area contributed by atoms with E-state index in [-0.39, 0.29) is 0 Å². The second-order valence-corrected chi connectivity index (χ2v) is 8.53. The molecule has 1 nitrogen and oxygen atoms in total. The fourth-order valence-electron chi connectivity index (χ4n) is 3.79. The van der Waals surface area contributed by atoms with Crippen molar-refractivity contribution in [3.05, 3.63) is 55.2 Å². The second-order valence-electron chi connectivity index (χ2n) is 6.42. The number of fused-ring (bicyclic) bond motifs is 3. The van der Waals surface area contributed by atoms with Crippen LogP contribution in [0, 0.1) is 5.92 Å². The fourth-order valence-corrected chi connectivity index (χ4v) is 5.43. The number of halogens is 1. The van der Waals surface area contributed by atoms with Crippen molar-refractivity contribution in [2.45, 2.75) is 38.6 Å². The van der Waals surface area contributed by atoms with Crippen molar-refractivity contribution in [1.29, 1.82) is 0 Å². The molecule has 1 aromatic carbocycles. The smallest absolute Gasteiger partial charge is 0.0303 e. The number of hydrogen-bond acceptors (Lipinski definition) is 2. The van der Waals surface area contributed by atoms with Gasteiger partial charge in [0, 0.05) is 33.2 Å². The Balaban J connectivity index is 1.80. The van der Waals surface area contributed by atoms with Crippen molar-refractivity contribution < 1.29 is 0 Å². The van der Waals surface area contributed by atoms with Crippen LogP contribution in [-0.4, -0.2) is 6.54 Å². The summed E-state index contributed by atoms with van der Waals surface area (Å²) in [4.78, 5) is 3.26. The van der Waals surface area contributed by atoms with Crippen molar-refractivity contribution in [3.8, 4) is 0 Å². The van der Waals surface area contributed by atoms with Gasteiger partial charge >= 0.3 is 0 Å². The maximum absolute atomic E-state index is 3.62. The minimum absolute atomic E-state index is 0.534. The van der Waals surface area contributed by atoms with Crippen LogP contribution in [0.25, 0.3) is 0 Å². The summed E-state index contributed by atoms with van der Waals surface area (Å²) in [6.07, 6.45) is 3.94. The lowest BCUT2D eigenvalue weighted by Crippen LogP contribution is -2.28. The summed E-state index contributed by atoms with van der Waals surface area (Å²) in [6, 6.07) is 8.90. The first-order valence-corrected chi connectivity index (χ1v) is 9.43. The third kappa shape index (κ3) is 2.49. The summed E-state index contributed by atoms with van der Waals surface area (Å²) in [5.74, 6) is 1.38. The second kappa shape index (κ2) is 5.53. The van der Waals surface area contributed by atoms with Crippen molar-refractivity contribution >= 4 is 27.3 Å². The van der Waals surface area contributed by atoms with Crippen LogP contribution < -0.4 is 5.32 Å². The van der Waals surface area contributed by atoms with Crippen molar-refractivity contribution in [1.82, 2.24) is 5.32 Å². The molecule has 0 fully saturated rings. The summed E-state index contributed by atoms with van der Waals surface area (Å²) in [5.41, 5.74) is 4.82. The first-order chi connectivity index (χ1) is 10.2. The van der Waals surface area contributed by atoms with Crippen LogP contribution in [0.15, 0.2) is 28.7 Å². The Kier molecular flexibility index (Phi) is 3.68. The van der Waals surface area contributed by atoms with Gasteiger partial charge in [-0.25, -0.2) is 0 Å². The van der Waals surface area contributed by atoms with Gasteiger partial charge in [-0.15, -0.1) is 11.3 Å². The first kappa shape index (κ1) is 14.0. The third-order valence-electron chi connectivity index (χ3n) is 4.88. The van der Waals surface area contributed by atoms with E-state index in [1.54, 1.807) is 20.9 Å². The van der Waals surface area contributed by atoms with E-state index in [0.717, 1.165) is 23.5 Å². The molecular weight excluding hydrogens is 342 g/mol. The van der Waals surface area contributed by atoms with Crippen LogP contribution in [0.5, 0.6) is 0 Å². The molecule has 2 atom stereocenters. The number of aryl methyl sites for hydroxylation is 1. The third-order valence-corrected chi connectivity index (χ3v) is 6.72. The Morgan fingerprint density at radius 3 is 2.81 bits per heavy atom. The number of rotatable bonds is 1. The van der Waals surface area contributed by atoms with E-state index in [0.29, 0.717) is 5.92 Å². The van der Waals surface area contributed by atoms with Crippen molar-refractivity contribution in [3.63, 3.8) is 0 Å². The van der Waals surface area contributed by atoms with E-state index < -0.39 is 0 Å². The van der Waals surface area contributed by atoms with Gasteiger partial charge in [0.05, 0.1) is 0 Å². The molecular formula is C18H20BrNS. The SMILES string of the molecule is CC1CCc2sc3c(c2C1)C(c1ccc(Br)cc1)CNC3. The summed E-state index contributed by atoms with van der Waals surface area (Å²) in [7, 11) is 0. The Labute approximate surface area is 138 Å². The van der Waals surface area contributed by atoms with Gasteiger partial charge in [-0.3, -0.25) is 0 Å². The zero-order valence-corrected chi connectivity index (χ0v) is 14.7. The van der Waals surface area contributed by atoms with Gasteiger partial charge < -0.3 is 5.32 Å². The van der Waals surface area contributed by atoms with Crippen LogP contribution in [0.3, 0.4) is 0 Å². The van der Waals surface area contributed by atoms with E-state index in [1.165, 1.54) is 24.8 Å². The van der Waals surface area contributed by atoms with Crippen LogP contribution in [0.2, 0.25) is 0 Å². The molecule has 0 saturated heterocycles. The van der Waals surface area contributed by atoms with Gasteiger partial charge in [0.15, 0.2) is 0 Å². The highest BCUT2D eigenvalue weighted by Gasteiger charge is 2.31. The largest absolute Gasteiger partial charge is 0.311 e. The fraction of sp³-hybridized carbons (Fsp3) is 0.444. The molecule has 1 aliphatic carbocycles. The van der Waals surface area contributed by atoms with E-state index in [9.17, 15) is 0 Å². The van der Waals surface area contributed by atoms with Gasteiger partial charge in [-0.1, -0.05) is 35.0 Å². The zero-order chi connectivity index (χ0) is 14.4. The molecule has 1 N–H and O–H groups in total. The van der Waals surface area contributed by atoms with Crippen LogP contribution in [-0.2, 0) is 19.4 Å². The van der Waals surface area contributed by atoms with Gasteiger partial charge in [-0.2, -0.15) is 0 Å². The molecule has 110 valence electrons. The molecule has 0 amide bonds. The number of benzene rings is 1. The number of thiophene rings is 1. The molecule has 0 spiro atoms. The number of hydrogen-bond donors (Lipinski definition) is 1. The lowest BCUT2D eigenvalue weighted by molar-refractivity contribution is 0.498. The average molecular weight is 362 g/mol. The van der Waals surface area contributed by atoms with Gasteiger partial charge in [-0.05, 0) is 54.0 Å². The molecule has 3 heteroatoms. The molecule has 2 aliphatic rings. The maximum Gasteiger partial charge on any atom is 0.0303 e. The summed E-state index contributed by atoms with van der Waals surface area (Å²) < 4.78 is 1.16. The minimum Gasteiger partial charge on any atom is -0.311 e. The Morgan fingerprint density at radius 1 is 1.19 bits per heavy atom. The summed E-state index contributed by atoms with van der Waals surface area (Å²) >= 11 is 5.62. The van der Waals surface area contributed by atoms with Crippen LogP contribution in [0.1, 0.15) is 45.7 Å². The first-order valence-electron chi connectivity index (χ1n) is 7.82. The highest BCUT2D eigenvalue weighted by atomic mass is 79.9. The molecule has 0 radical (unpaired) electrons. The van der Waals surface area contributed by atoms with E-state index >= 15 is 0 Å². The Bertz CT molecular complexity index is 659. The summed E-state index contributed by atoms with van der Waals surface area (Å²) in [6.45, 7) is 4.54. The molecule has 2 aromatic rings. The van der Waals surface area contributed by atoms with Gasteiger partial charge in [0.2, 0.25) is 0 Å². The van der Waals surface area contributed by atoms with Crippen molar-refractivity contribution in [2.24, 2.45) is 5.92 Å². The normalized spacial score (nSPS) is 24.5. The van der Waals surface area contributed by atoms with E-state index in [2.05, 4.69) is 63.8 Å². The lowest BCUT2D eigenvalue weighted by Gasteiger charge is -2.27. The van der Waals surface area contributed by atoms with Crippen molar-refractivity contribution in [2.75, 3.05) is 6.54 Å². The molecule has 2 unspecified atom stereocenters. The van der Waals surface area contributed by atoms with Gasteiger partial charge in [0.25, 0.3) is 0 Å². The van der Waals surface area contributed by atoms with Crippen LogP contribution >= 0.6 is 27.3 Å². The monoisotopic (exact) mass is 361 g/mol. The molecule has 1 aromatic heterocycles. The Hall–Kier alpha value is -0.640. The molecule has 1 aliphatic heterocycles. The predicted molar refractivity (Wildman–Crippen MR) is 93.2 cm³/mol. The molecule has 21 heavy (non-hydrogen) atoms. The minimum atomic E-state index is 0.534. The highest BCUT2D eigenvalue weighted by Crippen LogP contribution is 2.43. The molecule has 0 saturated carbocycles. The molecule has 0 bridgehead atoms. The zero-order valence-electron chi connectivity index (χ0n) is 12.3. The lowest BCUT2D eigenvalue weighted by atomic mass is 9.80. The predicted octanol–water partition coefficient (Wildman–Crippen LogP) is 4.87.